The van der Waals surface area contributed by atoms with Gasteiger partial charge in [-0.2, -0.15) is 9.97 Å². The van der Waals surface area contributed by atoms with Crippen LogP contribution < -0.4 is 16.0 Å². The molecule has 0 aliphatic carbocycles. The Kier molecular flexibility index (Phi) is 2.51. The van der Waals surface area contributed by atoms with E-state index >= 15 is 0 Å². The minimum atomic E-state index is -0.251. The van der Waals surface area contributed by atoms with Crippen molar-refractivity contribution < 1.29 is 5.11 Å². The molecule has 2 aliphatic heterocycles. The molecule has 0 radical (unpaired) electrons. The third-order valence-corrected chi connectivity index (χ3v) is 3.36. The van der Waals surface area contributed by atoms with Gasteiger partial charge in [-0.15, -0.1) is 0 Å². The van der Waals surface area contributed by atoms with E-state index in [4.69, 9.17) is 5.73 Å². The molecular weight excluding hydrogens is 218 g/mol. The number of nitrogens with two attached hydrogens (primary N) is 1. The Bertz CT molecular complexity index is 436. The normalized spacial score (nSPS) is 23.4. The molecule has 0 spiro atoms. The molecule has 1 atom stereocenters. The van der Waals surface area contributed by atoms with E-state index in [2.05, 4.69) is 20.2 Å². The van der Waals surface area contributed by atoms with Crippen LogP contribution in [0, 0.1) is 0 Å². The van der Waals surface area contributed by atoms with E-state index < -0.39 is 0 Å². The minimum Gasteiger partial charge on any atom is -0.391 e. The molecule has 1 saturated heterocycles. The smallest absolute Gasteiger partial charge is 0.223 e. The summed E-state index contributed by atoms with van der Waals surface area (Å²) in [5.41, 5.74) is 6.87. The number of nitrogens with one attached hydrogen (secondary N) is 1. The molecule has 92 valence electrons. The first-order valence-corrected chi connectivity index (χ1v) is 6.07. The lowest BCUT2D eigenvalue weighted by Crippen LogP contribution is -2.26. The molecule has 0 aromatic carbocycles. The van der Waals surface area contributed by atoms with E-state index in [0.717, 1.165) is 49.6 Å². The van der Waals surface area contributed by atoms with Crippen LogP contribution in [0.2, 0.25) is 0 Å². The van der Waals surface area contributed by atoms with Gasteiger partial charge in [-0.05, 0) is 19.3 Å². The van der Waals surface area contributed by atoms with Gasteiger partial charge in [-0.25, -0.2) is 0 Å². The molecule has 3 rings (SSSR count). The predicted octanol–water partition coefficient (Wildman–Crippen LogP) is -0.0121. The average molecular weight is 235 g/mol. The third kappa shape index (κ3) is 1.88. The zero-order valence-electron chi connectivity index (χ0n) is 9.69. The zero-order valence-corrected chi connectivity index (χ0v) is 9.69. The van der Waals surface area contributed by atoms with Crippen LogP contribution in [0.4, 0.5) is 17.6 Å². The van der Waals surface area contributed by atoms with Crippen molar-refractivity contribution in [2.45, 2.75) is 25.4 Å². The first kappa shape index (κ1) is 10.6. The van der Waals surface area contributed by atoms with Crippen molar-refractivity contribution in [2.24, 2.45) is 0 Å². The fraction of sp³-hybridized carbons (Fsp3) is 0.636. The highest BCUT2D eigenvalue weighted by atomic mass is 16.3. The Balaban J connectivity index is 2.00. The Labute approximate surface area is 99.9 Å². The number of nitrogen functional groups attached to an aromatic ring is 1. The molecule has 0 amide bonds. The molecule has 1 aromatic rings. The van der Waals surface area contributed by atoms with Crippen molar-refractivity contribution in [2.75, 3.05) is 35.6 Å². The summed E-state index contributed by atoms with van der Waals surface area (Å²) in [5.74, 6) is 2.06. The Hall–Kier alpha value is -1.56. The maximum atomic E-state index is 9.60. The topological polar surface area (TPSA) is 87.3 Å². The second kappa shape index (κ2) is 4.03. The second-order valence-corrected chi connectivity index (χ2v) is 4.65. The van der Waals surface area contributed by atoms with Gasteiger partial charge in [-0.1, -0.05) is 0 Å². The van der Waals surface area contributed by atoms with E-state index in [0.29, 0.717) is 12.5 Å². The summed E-state index contributed by atoms with van der Waals surface area (Å²) >= 11 is 0. The molecule has 17 heavy (non-hydrogen) atoms. The molecular formula is C11H17N5O. The summed E-state index contributed by atoms with van der Waals surface area (Å²) in [7, 11) is 0. The zero-order chi connectivity index (χ0) is 11.8. The highest BCUT2D eigenvalue weighted by molar-refractivity contribution is 5.63. The van der Waals surface area contributed by atoms with Gasteiger partial charge in [0.05, 0.1) is 6.10 Å². The van der Waals surface area contributed by atoms with Gasteiger partial charge in [0, 0.05) is 25.2 Å². The monoisotopic (exact) mass is 235 g/mol. The molecule has 6 heteroatoms. The third-order valence-electron chi connectivity index (χ3n) is 3.36. The number of aromatic nitrogens is 2. The quantitative estimate of drug-likeness (QED) is 0.634. The number of nitrogens with zero attached hydrogens (tertiary/aromatic N) is 3. The SMILES string of the molecule is Nc1nc2c(c(N3CC[C@H](O)C3)n1)CCCN2. The van der Waals surface area contributed by atoms with Crippen LogP contribution in [0.5, 0.6) is 0 Å². The van der Waals surface area contributed by atoms with Gasteiger partial charge >= 0.3 is 0 Å². The Morgan fingerprint density at radius 3 is 3.06 bits per heavy atom. The number of hydrogen-bond donors (Lipinski definition) is 3. The average Bonchev–Trinajstić information content (AvgIpc) is 2.74. The lowest BCUT2D eigenvalue weighted by atomic mass is 10.1. The number of rotatable bonds is 1. The maximum absolute atomic E-state index is 9.60. The lowest BCUT2D eigenvalue weighted by Gasteiger charge is -2.25. The summed E-state index contributed by atoms with van der Waals surface area (Å²) in [6.45, 7) is 2.42. The van der Waals surface area contributed by atoms with Gasteiger partial charge < -0.3 is 21.1 Å². The second-order valence-electron chi connectivity index (χ2n) is 4.65. The Morgan fingerprint density at radius 2 is 2.29 bits per heavy atom. The number of anilines is 3. The summed E-state index contributed by atoms with van der Waals surface area (Å²) < 4.78 is 0. The molecule has 1 fully saturated rings. The first-order chi connectivity index (χ1) is 8.24. The van der Waals surface area contributed by atoms with Crippen LogP contribution in [0.1, 0.15) is 18.4 Å². The fourth-order valence-electron chi connectivity index (χ4n) is 2.53. The highest BCUT2D eigenvalue weighted by Crippen LogP contribution is 2.31. The number of fused-ring (bicyclic) bond motifs is 1. The Morgan fingerprint density at radius 1 is 1.41 bits per heavy atom. The van der Waals surface area contributed by atoms with Crippen LogP contribution in [-0.2, 0) is 6.42 Å². The first-order valence-electron chi connectivity index (χ1n) is 6.07. The van der Waals surface area contributed by atoms with Crippen molar-refractivity contribution in [3.63, 3.8) is 0 Å². The number of aliphatic hydroxyl groups is 1. The molecule has 2 aliphatic rings. The van der Waals surface area contributed by atoms with Crippen LogP contribution in [-0.4, -0.2) is 40.8 Å². The van der Waals surface area contributed by atoms with Gasteiger partial charge in [0.15, 0.2) is 0 Å². The van der Waals surface area contributed by atoms with Crippen LogP contribution in [0.15, 0.2) is 0 Å². The highest BCUT2D eigenvalue weighted by Gasteiger charge is 2.26. The van der Waals surface area contributed by atoms with Crippen molar-refractivity contribution in [1.82, 2.24) is 9.97 Å². The van der Waals surface area contributed by atoms with E-state index in [-0.39, 0.29) is 6.10 Å². The molecule has 3 heterocycles. The number of β-amino-alcohol motifs (C(OH)–C–C–N with tert-alkyl or cyclic N) is 1. The maximum Gasteiger partial charge on any atom is 0.223 e. The van der Waals surface area contributed by atoms with Gasteiger partial charge in [0.2, 0.25) is 5.95 Å². The summed E-state index contributed by atoms with van der Waals surface area (Å²) in [6.07, 6.45) is 2.61. The summed E-state index contributed by atoms with van der Waals surface area (Å²) in [6, 6.07) is 0. The van der Waals surface area contributed by atoms with Gasteiger partial charge in [-0.3, -0.25) is 0 Å². The summed E-state index contributed by atoms with van der Waals surface area (Å²) in [4.78, 5) is 10.7. The molecule has 0 unspecified atom stereocenters. The predicted molar refractivity (Wildman–Crippen MR) is 66.1 cm³/mol. The van der Waals surface area contributed by atoms with Crippen LogP contribution >= 0.6 is 0 Å². The molecule has 1 aromatic heterocycles. The number of hydrogen-bond acceptors (Lipinski definition) is 6. The standard InChI is InChI=1S/C11H17N5O/c12-11-14-9-8(2-1-4-13-9)10(15-11)16-5-3-7(17)6-16/h7,17H,1-6H2,(H3,12,13,14,15)/t7-/m0/s1. The molecule has 0 bridgehead atoms. The van der Waals surface area contributed by atoms with Gasteiger partial charge in [0.1, 0.15) is 11.6 Å². The van der Waals surface area contributed by atoms with Crippen LogP contribution in [0.25, 0.3) is 0 Å². The van der Waals surface area contributed by atoms with E-state index in [1.807, 2.05) is 0 Å². The largest absolute Gasteiger partial charge is 0.391 e. The van der Waals surface area contributed by atoms with E-state index in [9.17, 15) is 5.11 Å². The summed E-state index contributed by atoms with van der Waals surface area (Å²) in [5, 5.41) is 12.9. The van der Waals surface area contributed by atoms with Crippen molar-refractivity contribution in [3.8, 4) is 0 Å². The number of aliphatic hydroxyl groups excluding tert-OH is 1. The van der Waals surface area contributed by atoms with E-state index in [1.165, 1.54) is 0 Å². The van der Waals surface area contributed by atoms with Crippen molar-refractivity contribution in [3.05, 3.63) is 5.56 Å². The lowest BCUT2D eigenvalue weighted by molar-refractivity contribution is 0.198. The van der Waals surface area contributed by atoms with Crippen molar-refractivity contribution in [1.29, 1.82) is 0 Å². The fourth-order valence-corrected chi connectivity index (χ4v) is 2.53. The minimum absolute atomic E-state index is 0.251. The molecule has 0 saturated carbocycles. The molecule has 4 N–H and O–H groups in total. The molecule has 6 nitrogen and oxygen atoms in total. The van der Waals surface area contributed by atoms with E-state index in [1.54, 1.807) is 0 Å². The van der Waals surface area contributed by atoms with Crippen molar-refractivity contribution >= 4 is 17.6 Å². The van der Waals surface area contributed by atoms with Gasteiger partial charge in [0.25, 0.3) is 0 Å². The van der Waals surface area contributed by atoms with Crippen LogP contribution in [0.3, 0.4) is 0 Å².